The number of carbonyl (C=O) groups excluding carboxylic acids is 1. The Balaban J connectivity index is 1.61. The molecule has 0 aliphatic carbocycles. The minimum Gasteiger partial charge on any atom is -0.454 e. The molecule has 1 fully saturated rings. The zero-order valence-electron chi connectivity index (χ0n) is 15.8. The van der Waals surface area contributed by atoms with Crippen molar-refractivity contribution in [2.45, 2.75) is 24.2 Å². The second-order valence-corrected chi connectivity index (χ2v) is 8.57. The highest BCUT2D eigenvalue weighted by molar-refractivity contribution is 7.89. The van der Waals surface area contributed by atoms with Crippen LogP contribution in [0.5, 0.6) is 11.5 Å². The molecule has 0 atom stereocenters. The number of nitrogens with one attached hydrogen (secondary N) is 2. The van der Waals surface area contributed by atoms with Crippen LogP contribution in [0.3, 0.4) is 0 Å². The molecule has 0 unspecified atom stereocenters. The number of benzene rings is 2. The van der Waals surface area contributed by atoms with Crippen LogP contribution in [0, 0.1) is 17.6 Å². The Morgan fingerprint density at radius 2 is 1.80 bits per heavy atom. The highest BCUT2D eigenvalue weighted by Gasteiger charge is 2.25. The lowest BCUT2D eigenvalue weighted by atomic mass is 9.94. The fraction of sp³-hybridized carbons (Fsp3) is 0.316. The minimum atomic E-state index is -4.01. The van der Waals surface area contributed by atoms with E-state index in [4.69, 9.17) is 9.94 Å². The zero-order chi connectivity index (χ0) is 21.7. The first-order valence-corrected chi connectivity index (χ1v) is 10.7. The fourth-order valence-electron chi connectivity index (χ4n) is 3.12. The second-order valence-electron chi connectivity index (χ2n) is 6.91. The average Bonchev–Trinajstić information content (AvgIpc) is 2.72. The van der Waals surface area contributed by atoms with E-state index in [1.807, 2.05) is 0 Å². The van der Waals surface area contributed by atoms with Gasteiger partial charge in [0, 0.05) is 19.5 Å². The van der Waals surface area contributed by atoms with Crippen molar-refractivity contribution >= 4 is 15.9 Å². The number of hydrogen-bond donors (Lipinski definition) is 3. The summed E-state index contributed by atoms with van der Waals surface area (Å²) < 4.78 is 57.8. The maximum absolute atomic E-state index is 14.4. The first-order chi connectivity index (χ1) is 14.3. The van der Waals surface area contributed by atoms with Gasteiger partial charge in [0.2, 0.25) is 5.91 Å². The molecule has 1 aliphatic heterocycles. The van der Waals surface area contributed by atoms with Crippen molar-refractivity contribution in [3.05, 3.63) is 54.1 Å². The first kappa shape index (κ1) is 22.1. The van der Waals surface area contributed by atoms with Crippen molar-refractivity contribution in [1.82, 2.24) is 15.3 Å². The van der Waals surface area contributed by atoms with Crippen LogP contribution in [0.1, 0.15) is 19.3 Å². The molecular weight excluding hydrogens is 420 g/mol. The monoisotopic (exact) mass is 441 g/mol. The molecule has 0 saturated carbocycles. The molecule has 1 amide bonds. The molecule has 1 heterocycles. The molecular formula is C19H21F2N3O5S. The summed E-state index contributed by atoms with van der Waals surface area (Å²) in [5.41, 5.74) is 1.58. The van der Waals surface area contributed by atoms with E-state index in [1.54, 1.807) is 5.48 Å². The predicted molar refractivity (Wildman–Crippen MR) is 102 cm³/mol. The Labute approximate surface area is 172 Å². The van der Waals surface area contributed by atoms with Gasteiger partial charge in [0.25, 0.3) is 10.0 Å². The lowest BCUT2D eigenvalue weighted by molar-refractivity contribution is -0.130. The lowest BCUT2D eigenvalue weighted by Crippen LogP contribution is -2.46. The van der Waals surface area contributed by atoms with Crippen molar-refractivity contribution in [3.8, 4) is 11.5 Å². The largest absolute Gasteiger partial charge is 0.454 e. The van der Waals surface area contributed by atoms with Crippen molar-refractivity contribution in [2.75, 3.05) is 13.1 Å². The molecule has 8 nitrogen and oxygen atoms in total. The van der Waals surface area contributed by atoms with Crippen molar-refractivity contribution in [1.29, 1.82) is 0 Å². The van der Waals surface area contributed by atoms with Gasteiger partial charge >= 0.3 is 0 Å². The van der Waals surface area contributed by atoms with E-state index in [9.17, 15) is 22.0 Å². The lowest BCUT2D eigenvalue weighted by Gasteiger charge is -2.31. The molecule has 11 heteroatoms. The van der Waals surface area contributed by atoms with Gasteiger partial charge in [-0.2, -0.15) is 0 Å². The number of piperidine rings is 1. The quantitative estimate of drug-likeness (QED) is 0.450. The van der Waals surface area contributed by atoms with Crippen LogP contribution in [0.2, 0.25) is 0 Å². The molecule has 3 rings (SSSR count). The highest BCUT2D eigenvalue weighted by Crippen LogP contribution is 2.27. The number of hydroxylamine groups is 1. The molecule has 2 aromatic carbocycles. The van der Waals surface area contributed by atoms with Gasteiger partial charge in [-0.15, -0.1) is 4.83 Å². The van der Waals surface area contributed by atoms with Crippen molar-refractivity contribution < 1.29 is 31.9 Å². The Hall–Kier alpha value is -2.60. The third-order valence-corrected chi connectivity index (χ3v) is 6.09. The van der Waals surface area contributed by atoms with Gasteiger partial charge in [-0.3, -0.25) is 10.0 Å². The molecule has 30 heavy (non-hydrogen) atoms. The molecule has 3 N–H and O–H groups in total. The van der Waals surface area contributed by atoms with Crippen molar-refractivity contribution in [2.24, 2.45) is 5.92 Å². The van der Waals surface area contributed by atoms with Gasteiger partial charge in [0.05, 0.1) is 4.90 Å². The number of hydrazine groups is 1. The van der Waals surface area contributed by atoms with E-state index in [-0.39, 0.29) is 28.7 Å². The number of hydrogen-bond acceptors (Lipinski definition) is 6. The third kappa shape index (κ3) is 5.72. The van der Waals surface area contributed by atoms with Gasteiger partial charge in [-0.05, 0) is 61.2 Å². The van der Waals surface area contributed by atoms with E-state index in [2.05, 4.69) is 4.83 Å². The molecule has 162 valence electrons. The van der Waals surface area contributed by atoms with Crippen LogP contribution in [-0.4, -0.2) is 37.6 Å². The van der Waals surface area contributed by atoms with Crippen LogP contribution in [-0.2, 0) is 14.8 Å². The van der Waals surface area contributed by atoms with E-state index in [0.717, 1.165) is 18.2 Å². The van der Waals surface area contributed by atoms with E-state index >= 15 is 0 Å². The number of carbonyl (C=O) groups is 1. The Kier molecular flexibility index (Phi) is 6.98. The normalized spacial score (nSPS) is 15.7. The van der Waals surface area contributed by atoms with E-state index in [0.29, 0.717) is 25.9 Å². The number of nitrogens with zero attached hydrogens (tertiary/aromatic N) is 1. The van der Waals surface area contributed by atoms with Crippen LogP contribution in [0.4, 0.5) is 8.78 Å². The smallest absolute Gasteiger partial charge is 0.253 e. The first-order valence-electron chi connectivity index (χ1n) is 9.20. The van der Waals surface area contributed by atoms with Crippen LogP contribution >= 0.6 is 0 Å². The maximum atomic E-state index is 14.4. The van der Waals surface area contributed by atoms with Gasteiger partial charge in [-0.1, -0.05) is 0 Å². The van der Waals surface area contributed by atoms with Crippen molar-refractivity contribution in [3.63, 3.8) is 0 Å². The molecule has 0 spiro atoms. The molecule has 1 saturated heterocycles. The van der Waals surface area contributed by atoms with Gasteiger partial charge in [-0.25, -0.2) is 27.7 Å². The van der Waals surface area contributed by atoms with E-state index in [1.165, 1.54) is 29.3 Å². The minimum absolute atomic E-state index is 0.0400. The van der Waals surface area contributed by atoms with Crippen LogP contribution in [0.15, 0.2) is 47.4 Å². The molecule has 0 bridgehead atoms. The summed E-state index contributed by atoms with van der Waals surface area (Å²) in [6.07, 6.45) is 1.29. The second kappa shape index (κ2) is 9.47. The van der Waals surface area contributed by atoms with E-state index < -0.39 is 27.6 Å². The number of sulfonamides is 1. The fourth-order valence-corrected chi connectivity index (χ4v) is 4.25. The standard InChI is InChI=1S/C19H21F2N3O5S/c20-14-1-3-15(4-2-14)29-18-6-5-16(12-17(18)21)30(27,28)23-24-9-7-13(8-10-24)11-19(25)22-26/h1-6,12-13,23,26H,7-11H2,(H,22,25). The number of ether oxygens (including phenoxy) is 1. The zero-order valence-corrected chi connectivity index (χ0v) is 16.7. The van der Waals surface area contributed by atoms with Crippen LogP contribution < -0.4 is 15.0 Å². The summed E-state index contributed by atoms with van der Waals surface area (Å²) in [5.74, 6) is -1.76. The summed E-state index contributed by atoms with van der Waals surface area (Å²) in [4.78, 5) is 13.4. The third-order valence-electron chi connectivity index (χ3n) is 4.72. The van der Waals surface area contributed by atoms with Gasteiger partial charge in [0.15, 0.2) is 11.6 Å². The number of rotatable bonds is 7. The number of halogens is 2. The number of amides is 1. The summed E-state index contributed by atoms with van der Waals surface area (Å²) in [6.45, 7) is 0.744. The summed E-state index contributed by atoms with van der Waals surface area (Å²) in [7, 11) is -4.01. The SMILES string of the molecule is O=C(CC1CCN(NS(=O)(=O)c2ccc(Oc3ccc(F)cc3)c(F)c2)CC1)NO. The topological polar surface area (TPSA) is 108 Å². The molecule has 2 aromatic rings. The predicted octanol–water partition coefficient (Wildman–Crippen LogP) is 2.56. The van der Waals surface area contributed by atoms with Gasteiger partial charge < -0.3 is 4.74 Å². The Bertz CT molecular complexity index is 994. The molecule has 0 radical (unpaired) electrons. The summed E-state index contributed by atoms with van der Waals surface area (Å²) in [5, 5.41) is 10.1. The Morgan fingerprint density at radius 1 is 1.13 bits per heavy atom. The van der Waals surface area contributed by atoms with Gasteiger partial charge in [0.1, 0.15) is 11.6 Å². The molecule has 0 aromatic heterocycles. The maximum Gasteiger partial charge on any atom is 0.253 e. The summed E-state index contributed by atoms with van der Waals surface area (Å²) in [6, 6.07) is 8.23. The Morgan fingerprint density at radius 3 is 2.40 bits per heavy atom. The summed E-state index contributed by atoms with van der Waals surface area (Å²) >= 11 is 0. The average molecular weight is 441 g/mol. The molecule has 1 aliphatic rings. The highest BCUT2D eigenvalue weighted by atomic mass is 32.2. The van der Waals surface area contributed by atoms with Crippen LogP contribution in [0.25, 0.3) is 0 Å².